The van der Waals surface area contributed by atoms with E-state index in [1.807, 2.05) is 18.3 Å². The van der Waals surface area contributed by atoms with Crippen LogP contribution in [0.3, 0.4) is 0 Å². The van der Waals surface area contributed by atoms with Crippen LogP contribution in [-0.4, -0.2) is 32.8 Å². The molecule has 0 saturated heterocycles. The molecule has 0 bridgehead atoms. The Morgan fingerprint density at radius 1 is 1.40 bits per heavy atom. The quantitative estimate of drug-likeness (QED) is 0.767. The molecule has 0 spiro atoms. The number of benzene rings is 1. The van der Waals surface area contributed by atoms with Gasteiger partial charge in [-0.15, -0.1) is 0 Å². The number of carbonyl (C=O) groups is 1. The smallest absolute Gasteiger partial charge is 0.248 e. The van der Waals surface area contributed by atoms with E-state index < -0.39 is 5.91 Å². The third kappa shape index (κ3) is 3.00. The fraction of sp³-hybridized carbons (Fsp3) is 0.316. The summed E-state index contributed by atoms with van der Waals surface area (Å²) in [4.78, 5) is 26.2. The summed E-state index contributed by atoms with van der Waals surface area (Å²) < 4.78 is 0. The zero-order valence-corrected chi connectivity index (χ0v) is 14.2. The number of hydrogen-bond acceptors (Lipinski definition) is 4. The Hall–Kier alpha value is -2.73. The van der Waals surface area contributed by atoms with Gasteiger partial charge < -0.3 is 10.7 Å². The molecule has 0 radical (unpaired) electrons. The molecule has 3 N–H and O–H groups in total. The molecule has 1 aromatic carbocycles. The first kappa shape index (κ1) is 15.8. The van der Waals surface area contributed by atoms with Crippen molar-refractivity contribution in [3.8, 4) is 0 Å². The fourth-order valence-electron chi connectivity index (χ4n) is 3.65. The Labute approximate surface area is 146 Å². The summed E-state index contributed by atoms with van der Waals surface area (Å²) >= 11 is 0. The van der Waals surface area contributed by atoms with Crippen molar-refractivity contribution in [2.24, 2.45) is 5.73 Å². The number of aromatic amines is 1. The summed E-state index contributed by atoms with van der Waals surface area (Å²) in [6.45, 7) is 0.696. The molecule has 25 heavy (non-hydrogen) atoms. The second-order valence-corrected chi connectivity index (χ2v) is 6.65. The lowest BCUT2D eigenvalue weighted by Crippen LogP contribution is -2.28. The lowest BCUT2D eigenvalue weighted by Gasteiger charge is -2.31. The molecule has 0 aliphatic heterocycles. The van der Waals surface area contributed by atoms with E-state index in [-0.39, 0.29) is 0 Å². The molecule has 6 heteroatoms. The Kier molecular flexibility index (Phi) is 3.97. The normalized spacial score (nSPS) is 17.0. The lowest BCUT2D eigenvalue weighted by molar-refractivity contribution is 0.100. The zero-order chi connectivity index (χ0) is 17.4. The van der Waals surface area contributed by atoms with Gasteiger partial charge in [0.05, 0.1) is 29.3 Å². The molecule has 2 aromatic heterocycles. The molecule has 0 saturated carbocycles. The standard InChI is InChI=1S/C19H21N5O/c1-24(16-6-2-4-12-5-3-9-21-18(12)16)11-17-22-14-8-7-13(19(20)25)10-15(14)23-17/h3,5,7-10,16H,2,4,6,11H2,1H3,(H2,20,25)(H,22,23). The number of nitrogens with two attached hydrogens (primary N) is 1. The minimum Gasteiger partial charge on any atom is -0.366 e. The number of carbonyl (C=O) groups excluding carboxylic acids is 1. The Bertz CT molecular complexity index is 932. The van der Waals surface area contributed by atoms with Gasteiger partial charge in [-0.05, 0) is 56.1 Å². The maximum Gasteiger partial charge on any atom is 0.248 e. The second kappa shape index (κ2) is 6.29. The highest BCUT2D eigenvalue weighted by molar-refractivity contribution is 5.96. The van der Waals surface area contributed by atoms with Crippen LogP contribution in [0.2, 0.25) is 0 Å². The molecule has 128 valence electrons. The van der Waals surface area contributed by atoms with Crippen LogP contribution < -0.4 is 5.73 Å². The largest absolute Gasteiger partial charge is 0.366 e. The maximum absolute atomic E-state index is 11.3. The molecule has 1 amide bonds. The highest BCUT2D eigenvalue weighted by atomic mass is 16.1. The Morgan fingerprint density at radius 3 is 3.12 bits per heavy atom. The second-order valence-electron chi connectivity index (χ2n) is 6.65. The summed E-state index contributed by atoms with van der Waals surface area (Å²) in [7, 11) is 2.11. The number of fused-ring (bicyclic) bond motifs is 2. The first-order valence-electron chi connectivity index (χ1n) is 8.54. The number of H-pyrrole nitrogens is 1. The van der Waals surface area contributed by atoms with Crippen molar-refractivity contribution in [1.29, 1.82) is 0 Å². The van der Waals surface area contributed by atoms with E-state index in [1.165, 1.54) is 17.7 Å². The SMILES string of the molecule is CN(Cc1nc2cc(C(N)=O)ccc2[nH]1)C1CCCc2cccnc21. The van der Waals surface area contributed by atoms with Gasteiger partial charge in [0.25, 0.3) is 0 Å². The summed E-state index contributed by atoms with van der Waals surface area (Å²) in [5.41, 5.74) is 10.0. The van der Waals surface area contributed by atoms with Crippen molar-refractivity contribution in [3.05, 3.63) is 59.2 Å². The van der Waals surface area contributed by atoms with Gasteiger partial charge in [-0.2, -0.15) is 0 Å². The van der Waals surface area contributed by atoms with Crippen LogP contribution in [-0.2, 0) is 13.0 Å². The van der Waals surface area contributed by atoms with E-state index in [4.69, 9.17) is 5.73 Å². The number of nitrogens with zero attached hydrogens (tertiary/aromatic N) is 3. The predicted octanol–water partition coefficient (Wildman–Crippen LogP) is 2.57. The average molecular weight is 335 g/mol. The Morgan fingerprint density at radius 2 is 2.28 bits per heavy atom. The molecule has 6 nitrogen and oxygen atoms in total. The molecule has 1 unspecified atom stereocenters. The van der Waals surface area contributed by atoms with Gasteiger partial charge in [-0.3, -0.25) is 14.7 Å². The summed E-state index contributed by atoms with van der Waals surface area (Å²) in [6, 6.07) is 9.79. The molecule has 4 rings (SSSR count). The monoisotopic (exact) mass is 335 g/mol. The number of primary amides is 1. The van der Waals surface area contributed by atoms with E-state index in [2.05, 4.69) is 33.0 Å². The summed E-state index contributed by atoms with van der Waals surface area (Å²) in [5.74, 6) is 0.440. The minimum absolute atomic E-state index is 0.305. The molecular formula is C19H21N5O. The molecule has 2 heterocycles. The minimum atomic E-state index is -0.437. The first-order valence-corrected chi connectivity index (χ1v) is 8.54. The fourth-order valence-corrected chi connectivity index (χ4v) is 3.65. The van der Waals surface area contributed by atoms with Crippen molar-refractivity contribution in [2.45, 2.75) is 31.8 Å². The van der Waals surface area contributed by atoms with Crippen molar-refractivity contribution in [3.63, 3.8) is 0 Å². The molecule has 1 atom stereocenters. The number of amides is 1. The van der Waals surface area contributed by atoms with Crippen LogP contribution in [0, 0.1) is 0 Å². The molecule has 1 aliphatic rings. The highest BCUT2D eigenvalue weighted by Gasteiger charge is 2.25. The van der Waals surface area contributed by atoms with Crippen molar-refractivity contribution < 1.29 is 4.79 Å². The van der Waals surface area contributed by atoms with E-state index in [0.29, 0.717) is 18.2 Å². The van der Waals surface area contributed by atoms with E-state index in [1.54, 1.807) is 12.1 Å². The summed E-state index contributed by atoms with van der Waals surface area (Å²) in [6.07, 6.45) is 5.26. The third-order valence-electron chi connectivity index (χ3n) is 4.91. The van der Waals surface area contributed by atoms with Gasteiger partial charge in [0.2, 0.25) is 5.91 Å². The van der Waals surface area contributed by atoms with Gasteiger partial charge in [-0.25, -0.2) is 4.98 Å². The molecular weight excluding hydrogens is 314 g/mol. The van der Waals surface area contributed by atoms with Crippen LogP contribution in [0.5, 0.6) is 0 Å². The van der Waals surface area contributed by atoms with Gasteiger partial charge >= 0.3 is 0 Å². The zero-order valence-electron chi connectivity index (χ0n) is 14.2. The average Bonchev–Trinajstić information content (AvgIpc) is 3.02. The van der Waals surface area contributed by atoms with Crippen LogP contribution >= 0.6 is 0 Å². The number of imidazole rings is 1. The lowest BCUT2D eigenvalue weighted by atomic mass is 9.91. The first-order chi connectivity index (χ1) is 12.1. The number of pyridine rings is 1. The number of hydrogen-bond donors (Lipinski definition) is 2. The number of aryl methyl sites for hydroxylation is 1. The van der Waals surface area contributed by atoms with Gasteiger partial charge in [0.1, 0.15) is 5.82 Å². The maximum atomic E-state index is 11.3. The molecule has 3 aromatic rings. The Balaban J connectivity index is 1.58. The van der Waals surface area contributed by atoms with E-state index in [0.717, 1.165) is 29.7 Å². The highest BCUT2D eigenvalue weighted by Crippen LogP contribution is 2.32. The third-order valence-corrected chi connectivity index (χ3v) is 4.91. The summed E-state index contributed by atoms with van der Waals surface area (Å²) in [5, 5.41) is 0. The van der Waals surface area contributed by atoms with E-state index >= 15 is 0 Å². The number of rotatable bonds is 4. The van der Waals surface area contributed by atoms with Crippen LogP contribution in [0.1, 0.15) is 46.3 Å². The van der Waals surface area contributed by atoms with E-state index in [9.17, 15) is 4.79 Å². The van der Waals surface area contributed by atoms with Crippen molar-refractivity contribution in [2.75, 3.05) is 7.05 Å². The van der Waals surface area contributed by atoms with Crippen LogP contribution in [0.4, 0.5) is 0 Å². The molecule has 1 aliphatic carbocycles. The van der Waals surface area contributed by atoms with Crippen molar-refractivity contribution >= 4 is 16.9 Å². The van der Waals surface area contributed by atoms with Crippen LogP contribution in [0.25, 0.3) is 11.0 Å². The van der Waals surface area contributed by atoms with Crippen molar-refractivity contribution in [1.82, 2.24) is 19.9 Å². The molecule has 0 fully saturated rings. The predicted molar refractivity (Wildman–Crippen MR) is 96.0 cm³/mol. The number of aromatic nitrogens is 3. The van der Waals surface area contributed by atoms with Gasteiger partial charge in [0, 0.05) is 11.8 Å². The van der Waals surface area contributed by atoms with Gasteiger partial charge in [-0.1, -0.05) is 6.07 Å². The van der Waals surface area contributed by atoms with Crippen LogP contribution in [0.15, 0.2) is 36.5 Å². The topological polar surface area (TPSA) is 87.9 Å². The number of nitrogens with one attached hydrogen (secondary N) is 1. The van der Waals surface area contributed by atoms with Gasteiger partial charge in [0.15, 0.2) is 0 Å².